The Hall–Kier alpha value is -0.0800. The van der Waals surface area contributed by atoms with Crippen LogP contribution >= 0.6 is 0 Å². The summed E-state index contributed by atoms with van der Waals surface area (Å²) in [7, 11) is 1.91. The smallest absolute Gasteiger partial charge is 0.0673 e. The lowest BCUT2D eigenvalue weighted by Gasteiger charge is -2.63. The van der Waals surface area contributed by atoms with Crippen LogP contribution in [0.3, 0.4) is 0 Å². The van der Waals surface area contributed by atoms with Crippen molar-refractivity contribution in [3.8, 4) is 0 Å². The molecule has 0 saturated heterocycles. The zero-order valence-electron chi connectivity index (χ0n) is 24.1. The molecule has 2 heteroatoms. The largest absolute Gasteiger partial charge is 0.393 e. The third-order valence-electron chi connectivity index (χ3n) is 14.6. The Kier molecular flexibility index (Phi) is 5.80. The summed E-state index contributed by atoms with van der Waals surface area (Å²) in [5.74, 6) is 3.86. The van der Waals surface area contributed by atoms with Gasteiger partial charge in [0.2, 0.25) is 0 Å². The van der Waals surface area contributed by atoms with Gasteiger partial charge in [0.05, 0.1) is 11.7 Å². The van der Waals surface area contributed by atoms with E-state index in [0.717, 1.165) is 30.1 Å². The fourth-order valence-corrected chi connectivity index (χ4v) is 11.6. The van der Waals surface area contributed by atoms with E-state index in [4.69, 9.17) is 4.74 Å². The molecular formula is C32H56O2. The monoisotopic (exact) mass is 472 g/mol. The lowest BCUT2D eigenvalue weighted by atomic mass is 9.41. The summed E-state index contributed by atoms with van der Waals surface area (Å²) in [6.07, 6.45) is 14.8. The molecule has 0 aromatic carbocycles. The van der Waals surface area contributed by atoms with E-state index >= 15 is 0 Å². The van der Waals surface area contributed by atoms with E-state index in [1.54, 1.807) is 0 Å². The molecule has 5 fully saturated rings. The quantitative estimate of drug-likeness (QED) is 0.421. The topological polar surface area (TPSA) is 29.5 Å². The van der Waals surface area contributed by atoms with Crippen molar-refractivity contribution in [3.63, 3.8) is 0 Å². The second-order valence-electron chi connectivity index (χ2n) is 15.7. The first-order valence-electron chi connectivity index (χ1n) is 15.0. The first kappa shape index (κ1) is 25.6. The van der Waals surface area contributed by atoms with Gasteiger partial charge in [0.1, 0.15) is 0 Å². The highest BCUT2D eigenvalue weighted by Crippen LogP contribution is 2.89. The van der Waals surface area contributed by atoms with Crippen molar-refractivity contribution in [3.05, 3.63) is 0 Å². The molecule has 0 radical (unpaired) electrons. The van der Waals surface area contributed by atoms with E-state index in [1.807, 2.05) is 7.11 Å². The van der Waals surface area contributed by atoms with Gasteiger partial charge in [0, 0.05) is 7.11 Å². The van der Waals surface area contributed by atoms with E-state index in [1.165, 1.54) is 64.2 Å². The first-order valence-corrected chi connectivity index (χ1v) is 15.0. The number of aliphatic hydroxyl groups excluding tert-OH is 1. The van der Waals surface area contributed by atoms with Crippen LogP contribution in [0.1, 0.15) is 126 Å². The fraction of sp³-hybridized carbons (Fsp3) is 1.00. The lowest BCUT2D eigenvalue weighted by molar-refractivity contribution is -0.162. The molecule has 5 saturated carbocycles. The molecule has 0 aromatic heterocycles. The van der Waals surface area contributed by atoms with Crippen LogP contribution in [-0.4, -0.2) is 23.9 Å². The minimum absolute atomic E-state index is 0.00478. The van der Waals surface area contributed by atoms with Crippen LogP contribution in [0.2, 0.25) is 0 Å². The van der Waals surface area contributed by atoms with Crippen LogP contribution in [0.25, 0.3) is 0 Å². The molecule has 5 aliphatic carbocycles. The zero-order chi connectivity index (χ0) is 24.9. The van der Waals surface area contributed by atoms with Crippen LogP contribution in [0.5, 0.6) is 0 Å². The van der Waals surface area contributed by atoms with Crippen molar-refractivity contribution < 1.29 is 9.84 Å². The van der Waals surface area contributed by atoms with E-state index in [9.17, 15) is 5.11 Å². The lowest BCUT2D eigenvalue weighted by Crippen LogP contribution is -2.57. The van der Waals surface area contributed by atoms with Gasteiger partial charge in [-0.15, -0.1) is 0 Å². The number of ether oxygens (including phenoxy) is 1. The van der Waals surface area contributed by atoms with E-state index in [0.29, 0.717) is 27.6 Å². The summed E-state index contributed by atoms with van der Waals surface area (Å²) >= 11 is 0. The summed E-state index contributed by atoms with van der Waals surface area (Å²) < 4.78 is 6.01. The van der Waals surface area contributed by atoms with Gasteiger partial charge in [-0.05, 0) is 134 Å². The van der Waals surface area contributed by atoms with Crippen molar-refractivity contribution in [2.75, 3.05) is 7.11 Å². The SMILES string of the molecule is CO[C@@](C)(CC[C@@H](C)[C@H]1CC[C@@]2(C)[C@@H]3CC[C@H]4C(C)(C)[C@@H](O)CC[C@@]45C[C@@]35CC[C@]12C)C(C)C. The van der Waals surface area contributed by atoms with Crippen LogP contribution < -0.4 is 0 Å². The van der Waals surface area contributed by atoms with Gasteiger partial charge in [-0.1, -0.05) is 48.5 Å². The minimum atomic E-state index is -0.0953. The Balaban J connectivity index is 1.37. The standard InChI is InChI=1S/C32H56O2/c1-21(2)30(8,34-9)16-12-22(3)23-13-15-29(7)25-11-10-24-27(4,5)26(33)14-17-31(24)20-32(25,31)19-18-28(23,29)6/h21-26,33H,10-20H2,1-9H3/t22-,23-,24+,25+,26+,28-,29+,30+,31-,32+/m1/s1. The van der Waals surface area contributed by atoms with Crippen molar-refractivity contribution >= 4 is 0 Å². The average Bonchev–Trinajstić information content (AvgIpc) is 3.37. The highest BCUT2D eigenvalue weighted by atomic mass is 16.5. The van der Waals surface area contributed by atoms with Gasteiger partial charge < -0.3 is 9.84 Å². The predicted octanol–water partition coefficient (Wildman–Crippen LogP) is 8.26. The van der Waals surface area contributed by atoms with Crippen LogP contribution in [-0.2, 0) is 4.74 Å². The molecule has 0 heterocycles. The normalized spacial score (nSPS) is 51.6. The van der Waals surface area contributed by atoms with Gasteiger partial charge in [0.15, 0.2) is 0 Å². The second-order valence-corrected chi connectivity index (χ2v) is 15.7. The van der Waals surface area contributed by atoms with Crippen molar-refractivity contribution in [1.82, 2.24) is 0 Å². The molecule has 0 aliphatic heterocycles. The maximum Gasteiger partial charge on any atom is 0.0673 e. The van der Waals surface area contributed by atoms with Gasteiger partial charge >= 0.3 is 0 Å². The maximum atomic E-state index is 10.9. The number of fused-ring (bicyclic) bond motifs is 2. The Bertz CT molecular complexity index is 803. The number of methoxy groups -OCH3 is 1. The van der Waals surface area contributed by atoms with Crippen LogP contribution in [0.15, 0.2) is 0 Å². The van der Waals surface area contributed by atoms with Gasteiger partial charge in [-0.3, -0.25) is 0 Å². The fourth-order valence-electron chi connectivity index (χ4n) is 11.6. The number of hydrogen-bond acceptors (Lipinski definition) is 2. The summed E-state index contributed by atoms with van der Waals surface area (Å²) in [5, 5.41) is 10.9. The number of rotatable bonds is 6. The Labute approximate surface area is 211 Å². The van der Waals surface area contributed by atoms with E-state index < -0.39 is 0 Å². The predicted molar refractivity (Wildman–Crippen MR) is 142 cm³/mol. The third kappa shape index (κ3) is 3.00. The van der Waals surface area contributed by atoms with E-state index in [-0.39, 0.29) is 17.1 Å². The van der Waals surface area contributed by atoms with Gasteiger partial charge in [-0.25, -0.2) is 0 Å². The van der Waals surface area contributed by atoms with Gasteiger partial charge in [-0.2, -0.15) is 0 Å². The van der Waals surface area contributed by atoms with E-state index in [2.05, 4.69) is 55.4 Å². The molecule has 34 heavy (non-hydrogen) atoms. The number of aliphatic hydroxyl groups is 1. The number of hydrogen-bond donors (Lipinski definition) is 1. The molecule has 2 nitrogen and oxygen atoms in total. The third-order valence-corrected chi connectivity index (χ3v) is 14.6. The van der Waals surface area contributed by atoms with Crippen LogP contribution in [0, 0.1) is 56.7 Å². The molecule has 1 N–H and O–H groups in total. The van der Waals surface area contributed by atoms with Gasteiger partial charge in [0.25, 0.3) is 0 Å². The zero-order valence-corrected chi connectivity index (χ0v) is 24.1. The molecule has 5 rings (SSSR count). The molecule has 0 unspecified atom stereocenters. The molecule has 0 amide bonds. The molecule has 10 atom stereocenters. The first-order chi connectivity index (χ1) is 15.7. The Morgan fingerprint density at radius 1 is 0.853 bits per heavy atom. The molecule has 0 bridgehead atoms. The molecule has 196 valence electrons. The van der Waals surface area contributed by atoms with Crippen molar-refractivity contribution in [1.29, 1.82) is 0 Å². The summed E-state index contributed by atoms with van der Waals surface area (Å²) in [5.41, 5.74) is 2.26. The molecule has 0 aromatic rings. The van der Waals surface area contributed by atoms with Crippen LogP contribution in [0.4, 0.5) is 0 Å². The average molecular weight is 473 g/mol. The summed E-state index contributed by atoms with van der Waals surface area (Å²) in [6, 6.07) is 0. The molecule has 2 spiro atoms. The summed E-state index contributed by atoms with van der Waals surface area (Å²) in [6.45, 7) is 19.8. The Morgan fingerprint density at radius 3 is 2.15 bits per heavy atom. The highest BCUT2D eigenvalue weighted by molar-refractivity contribution is 5.30. The maximum absolute atomic E-state index is 10.9. The summed E-state index contributed by atoms with van der Waals surface area (Å²) in [4.78, 5) is 0. The minimum Gasteiger partial charge on any atom is -0.393 e. The second kappa shape index (κ2) is 7.72. The molecular weight excluding hydrogens is 416 g/mol. The Morgan fingerprint density at radius 2 is 1.50 bits per heavy atom. The van der Waals surface area contributed by atoms with Crippen molar-refractivity contribution in [2.45, 2.75) is 138 Å². The molecule has 5 aliphatic rings. The van der Waals surface area contributed by atoms with Crippen molar-refractivity contribution in [2.24, 2.45) is 56.7 Å². The highest BCUT2D eigenvalue weighted by Gasteiger charge is 2.82.